The van der Waals surface area contributed by atoms with Crippen LogP contribution < -0.4 is 4.74 Å². The van der Waals surface area contributed by atoms with Crippen molar-refractivity contribution >= 4 is 21.9 Å². The molecule has 1 saturated carbocycles. The number of hydrogen-bond acceptors (Lipinski definition) is 3. The SMILES string of the molecule is Cc1cc(Br)ccc1OCC1(O)CCC(C(=O)O)CC1. The maximum absolute atomic E-state index is 10.9. The van der Waals surface area contributed by atoms with Gasteiger partial charge < -0.3 is 14.9 Å². The van der Waals surface area contributed by atoms with E-state index in [9.17, 15) is 9.90 Å². The molecule has 5 heteroatoms. The van der Waals surface area contributed by atoms with Gasteiger partial charge in [0.1, 0.15) is 12.4 Å². The molecule has 0 spiro atoms. The van der Waals surface area contributed by atoms with Gasteiger partial charge in [0.05, 0.1) is 11.5 Å². The van der Waals surface area contributed by atoms with E-state index in [1.54, 1.807) is 0 Å². The van der Waals surface area contributed by atoms with Crippen molar-refractivity contribution in [1.82, 2.24) is 0 Å². The van der Waals surface area contributed by atoms with Crippen molar-refractivity contribution in [2.45, 2.75) is 38.2 Å². The second-order valence-electron chi connectivity index (χ2n) is 5.54. The third-order valence-electron chi connectivity index (χ3n) is 3.90. The van der Waals surface area contributed by atoms with Gasteiger partial charge in [-0.05, 0) is 56.4 Å². The number of carboxylic acid groups (broad SMARTS) is 1. The summed E-state index contributed by atoms with van der Waals surface area (Å²) in [6, 6.07) is 5.72. The van der Waals surface area contributed by atoms with Gasteiger partial charge in [-0.2, -0.15) is 0 Å². The third-order valence-corrected chi connectivity index (χ3v) is 4.39. The molecule has 0 unspecified atom stereocenters. The van der Waals surface area contributed by atoms with E-state index in [0.717, 1.165) is 15.8 Å². The molecular weight excluding hydrogens is 324 g/mol. The number of aliphatic hydroxyl groups is 1. The first-order valence-electron chi connectivity index (χ1n) is 6.74. The molecule has 0 atom stereocenters. The molecule has 0 saturated heterocycles. The number of hydrogen-bond donors (Lipinski definition) is 2. The summed E-state index contributed by atoms with van der Waals surface area (Å²) < 4.78 is 6.70. The lowest BCUT2D eigenvalue weighted by Gasteiger charge is -2.34. The van der Waals surface area contributed by atoms with Crippen LogP contribution in [-0.2, 0) is 4.79 Å². The Morgan fingerprint density at radius 1 is 1.45 bits per heavy atom. The minimum absolute atomic E-state index is 0.210. The summed E-state index contributed by atoms with van der Waals surface area (Å²) in [5, 5.41) is 19.4. The Hall–Kier alpha value is -1.07. The summed E-state index contributed by atoms with van der Waals surface area (Å²) in [6.45, 7) is 2.16. The van der Waals surface area contributed by atoms with Gasteiger partial charge in [-0.1, -0.05) is 15.9 Å². The molecule has 1 aromatic rings. The lowest BCUT2D eigenvalue weighted by Crippen LogP contribution is -2.41. The molecule has 2 N–H and O–H groups in total. The standard InChI is InChI=1S/C15H19BrO4/c1-10-8-12(16)2-3-13(10)20-9-15(19)6-4-11(5-7-15)14(17)18/h2-3,8,11,19H,4-7,9H2,1H3,(H,17,18). The van der Waals surface area contributed by atoms with Crippen LogP contribution in [0.25, 0.3) is 0 Å². The maximum atomic E-state index is 10.9. The summed E-state index contributed by atoms with van der Waals surface area (Å²) in [6.07, 6.45) is 1.96. The number of rotatable bonds is 4. The van der Waals surface area contributed by atoms with Crippen LogP contribution in [-0.4, -0.2) is 28.4 Å². The first kappa shape index (κ1) is 15.3. The van der Waals surface area contributed by atoms with Crippen LogP contribution in [0.15, 0.2) is 22.7 Å². The summed E-state index contributed by atoms with van der Waals surface area (Å²) >= 11 is 3.39. The Balaban J connectivity index is 1.92. The highest BCUT2D eigenvalue weighted by Gasteiger charge is 2.36. The summed E-state index contributed by atoms with van der Waals surface area (Å²) in [4.78, 5) is 10.9. The van der Waals surface area contributed by atoms with E-state index < -0.39 is 11.6 Å². The Morgan fingerprint density at radius 3 is 2.65 bits per heavy atom. The fraction of sp³-hybridized carbons (Fsp3) is 0.533. The second kappa shape index (κ2) is 6.14. The van der Waals surface area contributed by atoms with Crippen molar-refractivity contribution < 1.29 is 19.7 Å². The fourth-order valence-electron chi connectivity index (χ4n) is 2.53. The first-order chi connectivity index (χ1) is 9.39. The van der Waals surface area contributed by atoms with Crippen LogP contribution in [0.2, 0.25) is 0 Å². The van der Waals surface area contributed by atoms with E-state index >= 15 is 0 Å². The average molecular weight is 343 g/mol. The van der Waals surface area contributed by atoms with Crippen molar-refractivity contribution in [2.75, 3.05) is 6.61 Å². The lowest BCUT2D eigenvalue weighted by atomic mass is 9.79. The summed E-state index contributed by atoms with van der Waals surface area (Å²) in [5.74, 6) is -0.344. The molecule has 0 radical (unpaired) electrons. The predicted octanol–water partition coefficient (Wildman–Crippen LogP) is 3.14. The van der Waals surface area contributed by atoms with Gasteiger partial charge in [0.15, 0.2) is 0 Å². The number of halogens is 1. The van der Waals surface area contributed by atoms with E-state index in [0.29, 0.717) is 25.7 Å². The van der Waals surface area contributed by atoms with Gasteiger partial charge in [-0.25, -0.2) is 0 Å². The fourth-order valence-corrected chi connectivity index (χ4v) is 3.01. The highest BCUT2D eigenvalue weighted by molar-refractivity contribution is 9.10. The number of aryl methyl sites for hydroxylation is 1. The molecule has 1 aliphatic rings. The Kier molecular flexibility index (Phi) is 4.70. The number of carboxylic acids is 1. The Bertz CT molecular complexity index is 493. The molecule has 0 aliphatic heterocycles. The van der Waals surface area contributed by atoms with Crippen molar-refractivity contribution in [1.29, 1.82) is 0 Å². The van der Waals surface area contributed by atoms with Crippen molar-refractivity contribution in [3.63, 3.8) is 0 Å². The first-order valence-corrected chi connectivity index (χ1v) is 7.53. The van der Waals surface area contributed by atoms with E-state index in [1.165, 1.54) is 0 Å². The molecule has 110 valence electrons. The lowest BCUT2D eigenvalue weighted by molar-refractivity contribution is -0.145. The molecule has 1 aromatic carbocycles. The van der Waals surface area contributed by atoms with E-state index in [-0.39, 0.29) is 12.5 Å². The van der Waals surface area contributed by atoms with E-state index in [4.69, 9.17) is 9.84 Å². The van der Waals surface area contributed by atoms with Crippen LogP contribution in [0, 0.1) is 12.8 Å². The maximum Gasteiger partial charge on any atom is 0.306 e. The monoisotopic (exact) mass is 342 g/mol. The number of benzene rings is 1. The predicted molar refractivity (Wildman–Crippen MR) is 78.9 cm³/mol. The van der Waals surface area contributed by atoms with E-state index in [1.807, 2.05) is 25.1 Å². The molecule has 2 rings (SSSR count). The quantitative estimate of drug-likeness (QED) is 0.881. The molecule has 0 aromatic heterocycles. The highest BCUT2D eigenvalue weighted by Crippen LogP contribution is 2.33. The zero-order valence-corrected chi connectivity index (χ0v) is 13.0. The van der Waals surface area contributed by atoms with Crippen LogP contribution >= 0.6 is 15.9 Å². The topological polar surface area (TPSA) is 66.8 Å². The Morgan fingerprint density at radius 2 is 2.10 bits per heavy atom. The van der Waals surface area contributed by atoms with Crippen LogP contribution in [0.1, 0.15) is 31.2 Å². The molecule has 0 amide bonds. The normalized spacial score (nSPS) is 26.2. The molecule has 4 nitrogen and oxygen atoms in total. The van der Waals surface area contributed by atoms with E-state index in [2.05, 4.69) is 15.9 Å². The smallest absolute Gasteiger partial charge is 0.306 e. The van der Waals surface area contributed by atoms with Gasteiger partial charge in [0, 0.05) is 4.47 Å². The third kappa shape index (κ3) is 3.73. The average Bonchev–Trinajstić information content (AvgIpc) is 2.38. The molecule has 1 fully saturated rings. The molecular formula is C15H19BrO4. The second-order valence-corrected chi connectivity index (χ2v) is 6.45. The van der Waals surface area contributed by atoms with Crippen molar-refractivity contribution in [3.05, 3.63) is 28.2 Å². The zero-order chi connectivity index (χ0) is 14.8. The van der Waals surface area contributed by atoms with Crippen molar-refractivity contribution in [2.24, 2.45) is 5.92 Å². The van der Waals surface area contributed by atoms with Crippen molar-refractivity contribution in [3.8, 4) is 5.75 Å². The molecule has 0 bridgehead atoms. The van der Waals surface area contributed by atoms with Crippen LogP contribution in [0.4, 0.5) is 0 Å². The minimum Gasteiger partial charge on any atom is -0.490 e. The van der Waals surface area contributed by atoms with Gasteiger partial charge >= 0.3 is 5.97 Å². The van der Waals surface area contributed by atoms with Crippen LogP contribution in [0.5, 0.6) is 5.75 Å². The molecule has 1 aliphatic carbocycles. The molecule has 20 heavy (non-hydrogen) atoms. The number of aliphatic carboxylic acids is 1. The largest absolute Gasteiger partial charge is 0.490 e. The minimum atomic E-state index is -0.911. The summed E-state index contributed by atoms with van der Waals surface area (Å²) in [5.41, 5.74) is 0.0908. The van der Waals surface area contributed by atoms with Gasteiger partial charge in [0.2, 0.25) is 0 Å². The van der Waals surface area contributed by atoms with Gasteiger partial charge in [0.25, 0.3) is 0 Å². The number of carbonyl (C=O) groups is 1. The highest BCUT2D eigenvalue weighted by atomic mass is 79.9. The van der Waals surface area contributed by atoms with Crippen LogP contribution in [0.3, 0.4) is 0 Å². The Labute approximate surface area is 126 Å². The van der Waals surface area contributed by atoms with Gasteiger partial charge in [-0.15, -0.1) is 0 Å². The molecule has 0 heterocycles. The zero-order valence-electron chi connectivity index (χ0n) is 11.4. The van der Waals surface area contributed by atoms with Gasteiger partial charge in [-0.3, -0.25) is 4.79 Å². The summed E-state index contributed by atoms with van der Waals surface area (Å²) in [7, 11) is 0. The number of ether oxygens (including phenoxy) is 1.